The third kappa shape index (κ3) is 1.73. The Morgan fingerprint density at radius 2 is 2.50 bits per heavy atom. The van der Waals surface area contributed by atoms with E-state index in [2.05, 4.69) is 16.4 Å². The third-order valence-electron chi connectivity index (χ3n) is 2.00. The lowest BCUT2D eigenvalue weighted by atomic mass is 10.1. The summed E-state index contributed by atoms with van der Waals surface area (Å²) in [7, 11) is 0. The van der Waals surface area contributed by atoms with Crippen molar-refractivity contribution in [1.29, 1.82) is 0 Å². The van der Waals surface area contributed by atoms with E-state index in [0.29, 0.717) is 0 Å². The standard InChI is InChI=1S/C9H12N2S/c1-2-8(3-5-10-4-1)9-11-6-7-12-9/h3,6-7,10H,1-2,4-5H2. The fourth-order valence-electron chi connectivity index (χ4n) is 1.38. The van der Waals surface area contributed by atoms with Crippen molar-refractivity contribution < 1.29 is 0 Å². The Kier molecular flexibility index (Phi) is 2.54. The number of aromatic nitrogens is 1. The number of thiazole rings is 1. The minimum atomic E-state index is 0.995. The highest BCUT2D eigenvalue weighted by Crippen LogP contribution is 2.22. The molecule has 3 heteroatoms. The van der Waals surface area contributed by atoms with Gasteiger partial charge in [0.15, 0.2) is 0 Å². The van der Waals surface area contributed by atoms with Crippen LogP contribution in [0.2, 0.25) is 0 Å². The van der Waals surface area contributed by atoms with E-state index in [4.69, 9.17) is 0 Å². The monoisotopic (exact) mass is 180 g/mol. The van der Waals surface area contributed by atoms with Gasteiger partial charge >= 0.3 is 0 Å². The summed E-state index contributed by atoms with van der Waals surface area (Å²) in [5, 5.41) is 6.57. The quantitative estimate of drug-likeness (QED) is 0.714. The summed E-state index contributed by atoms with van der Waals surface area (Å²) in [6.07, 6.45) is 6.52. The van der Waals surface area contributed by atoms with Gasteiger partial charge < -0.3 is 5.32 Å². The first-order valence-corrected chi connectivity index (χ1v) is 5.14. The van der Waals surface area contributed by atoms with Crippen LogP contribution in [-0.2, 0) is 0 Å². The van der Waals surface area contributed by atoms with Crippen LogP contribution < -0.4 is 5.32 Å². The summed E-state index contributed by atoms with van der Waals surface area (Å²) in [4.78, 5) is 4.30. The Morgan fingerprint density at radius 3 is 3.33 bits per heavy atom. The van der Waals surface area contributed by atoms with Crippen LogP contribution >= 0.6 is 11.3 Å². The van der Waals surface area contributed by atoms with Crippen LogP contribution in [0.1, 0.15) is 17.8 Å². The molecule has 0 amide bonds. The Labute approximate surface area is 76.3 Å². The molecule has 1 aliphatic heterocycles. The van der Waals surface area contributed by atoms with E-state index in [1.54, 1.807) is 11.3 Å². The molecule has 0 unspecified atom stereocenters. The maximum atomic E-state index is 4.30. The van der Waals surface area contributed by atoms with Crippen LogP contribution in [0.3, 0.4) is 0 Å². The zero-order chi connectivity index (χ0) is 8.23. The molecule has 0 aliphatic carbocycles. The number of rotatable bonds is 1. The zero-order valence-electron chi connectivity index (χ0n) is 6.92. The molecule has 0 atom stereocenters. The van der Waals surface area contributed by atoms with Gasteiger partial charge in [0, 0.05) is 18.1 Å². The molecule has 0 radical (unpaired) electrons. The first-order chi connectivity index (χ1) is 5.97. The van der Waals surface area contributed by atoms with Crippen molar-refractivity contribution in [2.75, 3.05) is 13.1 Å². The van der Waals surface area contributed by atoms with Gasteiger partial charge in [0.1, 0.15) is 5.01 Å². The van der Waals surface area contributed by atoms with Crippen molar-refractivity contribution in [1.82, 2.24) is 10.3 Å². The van der Waals surface area contributed by atoms with E-state index in [9.17, 15) is 0 Å². The normalized spacial score (nSPS) is 18.5. The van der Waals surface area contributed by atoms with E-state index in [0.717, 1.165) is 13.1 Å². The second-order valence-electron chi connectivity index (χ2n) is 2.87. The lowest BCUT2D eigenvalue weighted by molar-refractivity contribution is 0.723. The molecule has 1 N–H and O–H groups in total. The smallest absolute Gasteiger partial charge is 0.118 e. The number of nitrogens with zero attached hydrogens (tertiary/aromatic N) is 1. The van der Waals surface area contributed by atoms with E-state index in [-0.39, 0.29) is 0 Å². The van der Waals surface area contributed by atoms with Gasteiger partial charge in [-0.25, -0.2) is 4.98 Å². The van der Waals surface area contributed by atoms with Gasteiger partial charge in [-0.05, 0) is 25.0 Å². The minimum absolute atomic E-state index is 0.995. The highest BCUT2D eigenvalue weighted by Gasteiger charge is 2.05. The first kappa shape index (κ1) is 7.95. The Hall–Kier alpha value is -0.670. The maximum absolute atomic E-state index is 4.30. The van der Waals surface area contributed by atoms with Crippen molar-refractivity contribution in [2.24, 2.45) is 0 Å². The second-order valence-corrected chi connectivity index (χ2v) is 3.77. The molecule has 1 aromatic heterocycles. The largest absolute Gasteiger partial charge is 0.313 e. The van der Waals surface area contributed by atoms with Crippen molar-refractivity contribution in [3.63, 3.8) is 0 Å². The van der Waals surface area contributed by atoms with Crippen LogP contribution in [0.25, 0.3) is 5.57 Å². The highest BCUT2D eigenvalue weighted by molar-refractivity contribution is 7.10. The minimum Gasteiger partial charge on any atom is -0.313 e. The molecule has 0 spiro atoms. The summed E-state index contributed by atoms with van der Waals surface area (Å²) in [6, 6.07) is 0. The molecule has 64 valence electrons. The van der Waals surface area contributed by atoms with Crippen LogP contribution in [0.5, 0.6) is 0 Å². The van der Waals surface area contributed by atoms with Gasteiger partial charge in [0.2, 0.25) is 0 Å². The van der Waals surface area contributed by atoms with Crippen molar-refractivity contribution in [3.05, 3.63) is 22.7 Å². The first-order valence-electron chi connectivity index (χ1n) is 4.26. The molecular formula is C9H12N2S. The average molecular weight is 180 g/mol. The van der Waals surface area contributed by atoms with Crippen molar-refractivity contribution in [2.45, 2.75) is 12.8 Å². The lowest BCUT2D eigenvalue weighted by Crippen LogP contribution is -2.12. The third-order valence-corrected chi connectivity index (χ3v) is 2.85. The van der Waals surface area contributed by atoms with Crippen LogP contribution in [0, 0.1) is 0 Å². The van der Waals surface area contributed by atoms with Crippen molar-refractivity contribution in [3.8, 4) is 0 Å². The summed E-state index contributed by atoms with van der Waals surface area (Å²) in [5.74, 6) is 0. The highest BCUT2D eigenvalue weighted by atomic mass is 32.1. The SMILES string of the molecule is C1=C(c2nccs2)CCCNC1. The van der Waals surface area contributed by atoms with Crippen LogP contribution in [-0.4, -0.2) is 18.1 Å². The molecule has 1 aliphatic rings. The fourth-order valence-corrected chi connectivity index (χ4v) is 2.09. The Balaban J connectivity index is 2.16. The van der Waals surface area contributed by atoms with Gasteiger partial charge in [0.25, 0.3) is 0 Å². The molecule has 2 heterocycles. The zero-order valence-corrected chi connectivity index (χ0v) is 7.73. The van der Waals surface area contributed by atoms with Crippen LogP contribution in [0.15, 0.2) is 17.7 Å². The molecular weight excluding hydrogens is 168 g/mol. The Bertz CT molecular complexity index is 264. The van der Waals surface area contributed by atoms with Gasteiger partial charge in [-0.3, -0.25) is 0 Å². The predicted octanol–water partition coefficient (Wildman–Crippen LogP) is 1.91. The fraction of sp³-hybridized carbons (Fsp3) is 0.444. The molecule has 12 heavy (non-hydrogen) atoms. The summed E-state index contributed by atoms with van der Waals surface area (Å²) >= 11 is 1.73. The predicted molar refractivity (Wildman–Crippen MR) is 52.2 cm³/mol. The van der Waals surface area contributed by atoms with E-state index < -0.39 is 0 Å². The lowest BCUT2D eigenvalue weighted by Gasteiger charge is -1.98. The summed E-state index contributed by atoms with van der Waals surface area (Å²) in [5.41, 5.74) is 1.41. The molecule has 2 nitrogen and oxygen atoms in total. The average Bonchev–Trinajstić information content (AvgIpc) is 2.48. The number of hydrogen-bond acceptors (Lipinski definition) is 3. The number of nitrogens with one attached hydrogen (secondary N) is 1. The number of hydrogen-bond donors (Lipinski definition) is 1. The topological polar surface area (TPSA) is 24.9 Å². The molecule has 0 saturated carbocycles. The molecule has 0 saturated heterocycles. The maximum Gasteiger partial charge on any atom is 0.118 e. The van der Waals surface area contributed by atoms with E-state index in [1.165, 1.54) is 23.4 Å². The Morgan fingerprint density at radius 1 is 1.50 bits per heavy atom. The summed E-state index contributed by atoms with van der Waals surface area (Å²) < 4.78 is 0. The van der Waals surface area contributed by atoms with Gasteiger partial charge in [-0.2, -0.15) is 0 Å². The van der Waals surface area contributed by atoms with E-state index in [1.807, 2.05) is 11.6 Å². The molecule has 1 aromatic rings. The molecule has 2 rings (SSSR count). The molecule has 0 bridgehead atoms. The van der Waals surface area contributed by atoms with Gasteiger partial charge in [-0.15, -0.1) is 11.3 Å². The van der Waals surface area contributed by atoms with E-state index >= 15 is 0 Å². The molecule has 0 aromatic carbocycles. The van der Waals surface area contributed by atoms with Crippen molar-refractivity contribution >= 4 is 16.9 Å². The second kappa shape index (κ2) is 3.83. The summed E-state index contributed by atoms with van der Waals surface area (Å²) in [6.45, 7) is 2.13. The van der Waals surface area contributed by atoms with Crippen LogP contribution in [0.4, 0.5) is 0 Å². The van der Waals surface area contributed by atoms with Gasteiger partial charge in [-0.1, -0.05) is 6.08 Å². The van der Waals surface area contributed by atoms with Gasteiger partial charge in [0.05, 0.1) is 0 Å². The number of allylic oxidation sites excluding steroid dienone is 1. The molecule has 0 fully saturated rings.